The predicted molar refractivity (Wildman–Crippen MR) is 198 cm³/mol. The van der Waals surface area contributed by atoms with Crippen molar-refractivity contribution in [3.05, 3.63) is 98.7 Å². The van der Waals surface area contributed by atoms with Crippen molar-refractivity contribution in [3.8, 4) is 5.75 Å². The van der Waals surface area contributed by atoms with Crippen LogP contribution in [0.4, 0.5) is 0 Å². The quantitative estimate of drug-likeness (QED) is 0.0672. The lowest BCUT2D eigenvalue weighted by molar-refractivity contribution is -0.125. The van der Waals surface area contributed by atoms with E-state index in [0.29, 0.717) is 42.6 Å². The molecule has 0 spiro atoms. The molecule has 4 N–H and O–H groups in total. The van der Waals surface area contributed by atoms with Gasteiger partial charge >= 0.3 is 0 Å². The molecule has 1 atom stereocenters. The third-order valence-corrected chi connectivity index (χ3v) is 11.2. The first-order valence-corrected chi connectivity index (χ1v) is 18.0. The van der Waals surface area contributed by atoms with Gasteiger partial charge in [0.25, 0.3) is 0 Å². The number of amides is 2. The molecule has 15 heteroatoms. The number of halogens is 3. The van der Waals surface area contributed by atoms with E-state index in [1.165, 1.54) is 22.7 Å². The molecule has 1 saturated heterocycles. The second-order valence-corrected chi connectivity index (χ2v) is 14.5. The summed E-state index contributed by atoms with van der Waals surface area (Å²) in [4.78, 5) is 30.0. The number of aromatic nitrogens is 1. The molecule has 11 nitrogen and oxygen atoms in total. The van der Waals surface area contributed by atoms with E-state index < -0.39 is 22.0 Å². The molecule has 1 aromatic heterocycles. The molecule has 1 fully saturated rings. The van der Waals surface area contributed by atoms with E-state index in [4.69, 9.17) is 33.8 Å². The average Bonchev–Trinajstić information content (AvgIpc) is 3.58. The molecule has 50 heavy (non-hydrogen) atoms. The van der Waals surface area contributed by atoms with Crippen molar-refractivity contribution in [1.82, 2.24) is 19.9 Å². The topological polar surface area (TPSA) is 156 Å². The molecule has 266 valence electrons. The maximum atomic E-state index is 13.9. The second-order valence-electron chi connectivity index (χ2n) is 11.8. The molecule has 1 aliphatic rings. The summed E-state index contributed by atoms with van der Waals surface area (Å²) in [5.41, 5.74) is 4.67. The zero-order valence-electron chi connectivity index (χ0n) is 27.6. The van der Waals surface area contributed by atoms with Crippen LogP contribution in [0, 0.1) is 13.8 Å². The minimum atomic E-state index is -4.18. The lowest BCUT2D eigenvalue weighted by atomic mass is 10.1. The Morgan fingerprint density at radius 1 is 1.10 bits per heavy atom. The van der Waals surface area contributed by atoms with Gasteiger partial charge in [0.05, 0.1) is 11.2 Å². The molecular formula is C35H39Cl3N6O5S. The van der Waals surface area contributed by atoms with Crippen molar-refractivity contribution in [2.24, 2.45) is 10.9 Å². The van der Waals surface area contributed by atoms with Crippen LogP contribution < -0.4 is 21.2 Å². The Hall–Kier alpha value is -3.94. The number of hydrogen-bond acceptors (Lipinski definition) is 8. The number of fused-ring (bicyclic) bond motifs is 1. The highest BCUT2D eigenvalue weighted by Gasteiger charge is 2.40. The molecular weight excluding hydrogens is 723 g/mol. The lowest BCUT2D eigenvalue weighted by Gasteiger charge is -2.24. The molecule has 0 aliphatic carbocycles. The van der Waals surface area contributed by atoms with Gasteiger partial charge in [-0.25, -0.2) is 13.4 Å². The molecule has 0 saturated carbocycles. The normalized spacial score (nSPS) is 14.8. The largest absolute Gasteiger partial charge is 0.487 e. The number of nitrogens with zero attached hydrogens (tertiary/aromatic N) is 3. The molecule has 0 unspecified atom stereocenters. The van der Waals surface area contributed by atoms with Gasteiger partial charge in [0.15, 0.2) is 0 Å². The highest BCUT2D eigenvalue weighted by atomic mass is 35.5. The number of hydrogen-bond donors (Lipinski definition) is 3. The van der Waals surface area contributed by atoms with Gasteiger partial charge in [0.2, 0.25) is 21.8 Å². The summed E-state index contributed by atoms with van der Waals surface area (Å²) in [5, 5.41) is 10.3. The molecule has 2 heterocycles. The number of ether oxygens (including phenoxy) is 1. The van der Waals surface area contributed by atoms with Crippen LogP contribution in [-0.2, 0) is 32.8 Å². The highest BCUT2D eigenvalue weighted by Crippen LogP contribution is 2.36. The number of nitrogens with one attached hydrogen (secondary N) is 2. The number of para-hydroxylation sites is 1. The second kappa shape index (κ2) is 17.3. The van der Waals surface area contributed by atoms with Crippen molar-refractivity contribution in [2.45, 2.75) is 63.6 Å². The number of rotatable bonds is 13. The van der Waals surface area contributed by atoms with Gasteiger partial charge in [-0.2, -0.15) is 9.41 Å². The van der Waals surface area contributed by atoms with Crippen molar-refractivity contribution in [3.63, 3.8) is 0 Å². The first-order chi connectivity index (χ1) is 23.5. The number of benzene rings is 3. The van der Waals surface area contributed by atoms with Crippen LogP contribution in [0.3, 0.4) is 0 Å². The third-order valence-electron chi connectivity index (χ3n) is 8.33. The van der Waals surface area contributed by atoms with Crippen molar-refractivity contribution in [1.29, 1.82) is 0 Å². The average molecular weight is 762 g/mol. The summed E-state index contributed by atoms with van der Waals surface area (Å²) in [6, 6.07) is 16.9. The van der Waals surface area contributed by atoms with Crippen LogP contribution in [-0.4, -0.2) is 54.9 Å². The van der Waals surface area contributed by atoms with Gasteiger partial charge in [0, 0.05) is 47.7 Å². The van der Waals surface area contributed by atoms with Crippen molar-refractivity contribution >= 4 is 74.6 Å². The Morgan fingerprint density at radius 3 is 2.60 bits per heavy atom. The number of carbonyl (C=O) groups excluding carboxylic acids is 2. The van der Waals surface area contributed by atoms with E-state index in [2.05, 4.69) is 20.7 Å². The summed E-state index contributed by atoms with van der Waals surface area (Å²) >= 11 is 13.2. The maximum absolute atomic E-state index is 13.9. The van der Waals surface area contributed by atoms with Crippen molar-refractivity contribution in [2.75, 3.05) is 13.1 Å². The first-order valence-electron chi connectivity index (χ1n) is 15.8. The van der Waals surface area contributed by atoms with E-state index in [-0.39, 0.29) is 59.4 Å². The molecule has 0 bridgehead atoms. The van der Waals surface area contributed by atoms with Gasteiger partial charge in [-0.15, -0.1) is 12.4 Å². The predicted octanol–water partition coefficient (Wildman–Crippen LogP) is 5.82. The Morgan fingerprint density at radius 2 is 1.86 bits per heavy atom. The zero-order chi connectivity index (χ0) is 35.1. The highest BCUT2D eigenvalue weighted by molar-refractivity contribution is 7.89. The lowest BCUT2D eigenvalue weighted by Crippen LogP contribution is -2.46. The third kappa shape index (κ3) is 9.04. The molecule has 4 aromatic rings. The molecule has 0 radical (unpaired) electrons. The SMILES string of the molecule is Cc1cc(C)c2cccc(OCc3c(Cl)ccc(S(=O)(=O)N4CCC[C@H]4C(=O)NCCCC(=O)NCc4ccc(C=NN)cc4)c3Cl)c2n1.Cl. The molecule has 3 aromatic carbocycles. The van der Waals surface area contributed by atoms with Crippen LogP contribution in [0.25, 0.3) is 10.9 Å². The molecule has 2 amide bonds. The van der Waals surface area contributed by atoms with Gasteiger partial charge in [-0.3, -0.25) is 9.59 Å². The van der Waals surface area contributed by atoms with Crippen LogP contribution in [0.1, 0.15) is 53.6 Å². The molecule has 1 aliphatic heterocycles. The Bertz CT molecular complexity index is 1990. The summed E-state index contributed by atoms with van der Waals surface area (Å²) in [5.74, 6) is 5.09. The number of hydrazone groups is 1. The Kier molecular flexibility index (Phi) is 13.5. The fourth-order valence-corrected chi connectivity index (χ4v) is 8.34. The summed E-state index contributed by atoms with van der Waals surface area (Å²) in [6.45, 7) is 4.55. The van der Waals surface area contributed by atoms with E-state index in [1.54, 1.807) is 6.07 Å². The Labute approximate surface area is 308 Å². The standard InChI is InChI=1S/C35H38Cl2N6O5S.ClH/c1-22-18-23(2)42-34-26(22)6-3-8-30(34)48-21-27-28(36)14-15-31(33(27)37)49(46,47)43-17-5-7-29(43)35(45)39-16-4-9-32(44)40-19-24-10-12-25(13-11-24)20-41-38;/h3,6,8,10-15,18,20,29H,4-5,7,9,16-17,19,21,38H2,1-2H3,(H,39,45)(H,40,44);1H/t29-;/m0./s1. The summed E-state index contributed by atoms with van der Waals surface area (Å²) in [6.07, 6.45) is 2.98. The Balaban J connectivity index is 0.00000562. The van der Waals surface area contributed by atoms with Crippen LogP contribution in [0.5, 0.6) is 5.75 Å². The number of pyridine rings is 1. The fraction of sp³-hybridized carbons (Fsp3) is 0.314. The van der Waals surface area contributed by atoms with E-state index in [9.17, 15) is 18.0 Å². The maximum Gasteiger partial charge on any atom is 0.245 e. The monoisotopic (exact) mass is 760 g/mol. The van der Waals surface area contributed by atoms with E-state index in [1.807, 2.05) is 56.3 Å². The van der Waals surface area contributed by atoms with Crippen LogP contribution in [0.15, 0.2) is 70.7 Å². The van der Waals surface area contributed by atoms with Gasteiger partial charge in [-0.1, -0.05) is 59.6 Å². The minimum absolute atomic E-state index is 0. The number of nitrogens with two attached hydrogens (primary N) is 1. The van der Waals surface area contributed by atoms with Gasteiger partial charge in [0.1, 0.15) is 28.8 Å². The van der Waals surface area contributed by atoms with Gasteiger partial charge < -0.3 is 21.2 Å². The number of sulfonamides is 1. The smallest absolute Gasteiger partial charge is 0.245 e. The number of carbonyl (C=O) groups is 2. The van der Waals surface area contributed by atoms with Crippen LogP contribution in [0.2, 0.25) is 10.0 Å². The fourth-order valence-electron chi connectivity index (χ4n) is 5.82. The zero-order valence-corrected chi connectivity index (χ0v) is 30.8. The van der Waals surface area contributed by atoms with Gasteiger partial charge in [-0.05, 0) is 74.1 Å². The first kappa shape index (κ1) is 38.9. The molecule has 5 rings (SSSR count). The summed E-state index contributed by atoms with van der Waals surface area (Å²) in [7, 11) is -4.18. The number of aryl methyl sites for hydroxylation is 2. The van der Waals surface area contributed by atoms with Crippen LogP contribution >= 0.6 is 35.6 Å². The minimum Gasteiger partial charge on any atom is -0.487 e. The van der Waals surface area contributed by atoms with Crippen molar-refractivity contribution < 1.29 is 22.7 Å². The van der Waals surface area contributed by atoms with E-state index in [0.717, 1.165) is 27.8 Å². The van der Waals surface area contributed by atoms with E-state index >= 15 is 0 Å². The summed E-state index contributed by atoms with van der Waals surface area (Å²) < 4.78 is 35.1.